The van der Waals surface area contributed by atoms with Crippen molar-refractivity contribution in [1.29, 1.82) is 0 Å². The van der Waals surface area contributed by atoms with Crippen LogP contribution in [0.15, 0.2) is 29.4 Å². The lowest BCUT2D eigenvalue weighted by molar-refractivity contribution is -0.118. The zero-order valence-corrected chi connectivity index (χ0v) is 14.1. The molecular formula is C16H21N5OS. The molecule has 1 aromatic heterocycles. The normalized spacial score (nSPS) is 15.0. The molecular weight excluding hydrogens is 310 g/mol. The SMILES string of the molecule is Cc1ccccc1CNC(=O)CSc1nnnn1C1CCCC1. The summed E-state index contributed by atoms with van der Waals surface area (Å²) in [6, 6.07) is 8.45. The van der Waals surface area contributed by atoms with E-state index >= 15 is 0 Å². The van der Waals surface area contributed by atoms with Crippen LogP contribution in [0.4, 0.5) is 0 Å². The fourth-order valence-corrected chi connectivity index (χ4v) is 3.62. The van der Waals surface area contributed by atoms with Crippen molar-refractivity contribution in [2.45, 2.75) is 50.4 Å². The molecule has 1 aliphatic carbocycles. The van der Waals surface area contributed by atoms with Crippen LogP contribution < -0.4 is 5.32 Å². The summed E-state index contributed by atoms with van der Waals surface area (Å²) in [5, 5.41) is 15.6. The van der Waals surface area contributed by atoms with Crippen LogP contribution in [0.2, 0.25) is 0 Å². The van der Waals surface area contributed by atoms with Crippen molar-refractivity contribution in [2.24, 2.45) is 0 Å². The van der Waals surface area contributed by atoms with Gasteiger partial charge in [-0.1, -0.05) is 48.9 Å². The van der Waals surface area contributed by atoms with Crippen LogP contribution in [0.1, 0.15) is 42.9 Å². The van der Waals surface area contributed by atoms with E-state index in [1.54, 1.807) is 0 Å². The van der Waals surface area contributed by atoms with Crippen LogP contribution in [-0.2, 0) is 11.3 Å². The second kappa shape index (κ2) is 7.59. The summed E-state index contributed by atoms with van der Waals surface area (Å²) in [5.41, 5.74) is 2.33. The standard InChI is InChI=1S/C16H21N5OS/c1-12-6-2-3-7-13(12)10-17-15(22)11-23-16-18-19-20-21(16)14-8-4-5-9-14/h2-3,6-7,14H,4-5,8-11H2,1H3,(H,17,22). The monoisotopic (exact) mass is 331 g/mol. The van der Waals surface area contributed by atoms with Gasteiger partial charge in [-0.3, -0.25) is 4.79 Å². The van der Waals surface area contributed by atoms with E-state index in [0.717, 1.165) is 23.6 Å². The van der Waals surface area contributed by atoms with Gasteiger partial charge in [-0.05, 0) is 41.3 Å². The highest BCUT2D eigenvalue weighted by Gasteiger charge is 2.22. The minimum absolute atomic E-state index is 0.000718. The third-order valence-electron chi connectivity index (χ3n) is 4.20. The molecule has 7 heteroatoms. The Balaban J connectivity index is 1.50. The molecule has 1 aliphatic rings. The molecule has 1 N–H and O–H groups in total. The van der Waals surface area contributed by atoms with Crippen molar-refractivity contribution >= 4 is 17.7 Å². The van der Waals surface area contributed by atoms with Crippen molar-refractivity contribution in [3.05, 3.63) is 35.4 Å². The predicted molar refractivity (Wildman–Crippen MR) is 89.1 cm³/mol. The van der Waals surface area contributed by atoms with Crippen LogP contribution in [0, 0.1) is 6.92 Å². The summed E-state index contributed by atoms with van der Waals surface area (Å²) < 4.78 is 1.88. The van der Waals surface area contributed by atoms with Crippen LogP contribution in [0.25, 0.3) is 0 Å². The summed E-state index contributed by atoms with van der Waals surface area (Å²) >= 11 is 1.40. The van der Waals surface area contributed by atoms with Gasteiger partial charge in [0.2, 0.25) is 11.1 Å². The van der Waals surface area contributed by atoms with Gasteiger partial charge in [-0.15, -0.1) is 5.10 Å². The molecule has 0 aliphatic heterocycles. The lowest BCUT2D eigenvalue weighted by atomic mass is 10.1. The highest BCUT2D eigenvalue weighted by atomic mass is 32.2. The van der Waals surface area contributed by atoms with Gasteiger partial charge in [0.05, 0.1) is 11.8 Å². The Hall–Kier alpha value is -1.89. The van der Waals surface area contributed by atoms with Gasteiger partial charge < -0.3 is 5.32 Å². The van der Waals surface area contributed by atoms with Gasteiger partial charge in [0.1, 0.15) is 0 Å². The number of hydrogen-bond donors (Lipinski definition) is 1. The van der Waals surface area contributed by atoms with Crippen LogP contribution in [0.5, 0.6) is 0 Å². The van der Waals surface area contributed by atoms with E-state index in [-0.39, 0.29) is 5.91 Å². The maximum absolute atomic E-state index is 12.0. The first kappa shape index (κ1) is 16.0. The highest BCUT2D eigenvalue weighted by molar-refractivity contribution is 7.99. The van der Waals surface area contributed by atoms with Gasteiger partial charge in [-0.2, -0.15) is 0 Å². The van der Waals surface area contributed by atoms with Crippen molar-refractivity contribution in [3.63, 3.8) is 0 Å². The molecule has 0 saturated heterocycles. The molecule has 1 saturated carbocycles. The van der Waals surface area contributed by atoms with Gasteiger partial charge in [-0.25, -0.2) is 4.68 Å². The van der Waals surface area contributed by atoms with Crippen LogP contribution in [-0.4, -0.2) is 31.9 Å². The number of amides is 1. The Bertz CT molecular complexity index is 666. The molecule has 1 amide bonds. The summed E-state index contributed by atoms with van der Waals surface area (Å²) in [5.74, 6) is 0.332. The average Bonchev–Trinajstić information content (AvgIpc) is 3.22. The molecule has 1 heterocycles. The molecule has 6 nitrogen and oxygen atoms in total. The largest absolute Gasteiger partial charge is 0.351 e. The molecule has 0 atom stereocenters. The number of thioether (sulfide) groups is 1. The number of benzene rings is 1. The molecule has 1 fully saturated rings. The molecule has 23 heavy (non-hydrogen) atoms. The third kappa shape index (κ3) is 4.10. The topological polar surface area (TPSA) is 72.7 Å². The molecule has 0 bridgehead atoms. The highest BCUT2D eigenvalue weighted by Crippen LogP contribution is 2.31. The molecule has 122 valence electrons. The first-order chi connectivity index (χ1) is 11.2. The zero-order chi connectivity index (χ0) is 16.1. The number of nitrogens with zero attached hydrogens (tertiary/aromatic N) is 4. The minimum Gasteiger partial charge on any atom is -0.351 e. The first-order valence-corrected chi connectivity index (χ1v) is 8.94. The van der Waals surface area contributed by atoms with Gasteiger partial charge in [0.25, 0.3) is 0 Å². The molecule has 3 rings (SSSR count). The predicted octanol–water partition coefficient (Wildman–Crippen LogP) is 2.51. The van der Waals surface area contributed by atoms with Gasteiger partial charge in [0, 0.05) is 6.54 Å². The smallest absolute Gasteiger partial charge is 0.230 e. The van der Waals surface area contributed by atoms with Crippen LogP contribution >= 0.6 is 11.8 Å². The first-order valence-electron chi connectivity index (χ1n) is 7.96. The third-order valence-corrected chi connectivity index (χ3v) is 5.14. The zero-order valence-electron chi connectivity index (χ0n) is 13.2. The fourth-order valence-electron chi connectivity index (χ4n) is 2.84. The maximum Gasteiger partial charge on any atom is 0.230 e. The number of tetrazole rings is 1. The van der Waals surface area contributed by atoms with E-state index in [2.05, 4.69) is 20.8 Å². The van der Waals surface area contributed by atoms with Crippen molar-refractivity contribution in [1.82, 2.24) is 25.5 Å². The van der Waals surface area contributed by atoms with E-state index in [1.807, 2.05) is 35.9 Å². The minimum atomic E-state index is -0.000718. The Morgan fingerprint density at radius 2 is 2.13 bits per heavy atom. The lowest BCUT2D eigenvalue weighted by Gasteiger charge is -2.11. The van der Waals surface area contributed by atoms with Crippen molar-refractivity contribution in [2.75, 3.05) is 5.75 Å². The Kier molecular flexibility index (Phi) is 5.27. The number of hydrogen-bond acceptors (Lipinski definition) is 5. The molecule has 0 spiro atoms. The van der Waals surface area contributed by atoms with E-state index in [4.69, 9.17) is 0 Å². The fraction of sp³-hybridized carbons (Fsp3) is 0.500. The van der Waals surface area contributed by atoms with E-state index in [9.17, 15) is 4.79 Å². The molecule has 0 unspecified atom stereocenters. The van der Waals surface area contributed by atoms with Crippen molar-refractivity contribution < 1.29 is 4.79 Å². The Morgan fingerprint density at radius 3 is 2.91 bits per heavy atom. The lowest BCUT2D eigenvalue weighted by Crippen LogP contribution is -2.25. The molecule has 0 radical (unpaired) electrons. The number of rotatable bonds is 6. The maximum atomic E-state index is 12.0. The number of aromatic nitrogens is 4. The van der Waals surface area contributed by atoms with E-state index in [0.29, 0.717) is 18.3 Å². The molecule has 2 aromatic rings. The van der Waals surface area contributed by atoms with Gasteiger partial charge >= 0.3 is 0 Å². The van der Waals surface area contributed by atoms with E-state index in [1.165, 1.54) is 30.2 Å². The van der Waals surface area contributed by atoms with Gasteiger partial charge in [0.15, 0.2) is 0 Å². The Labute approximate surface area is 140 Å². The summed E-state index contributed by atoms with van der Waals surface area (Å²) in [6.07, 6.45) is 4.70. The van der Waals surface area contributed by atoms with E-state index < -0.39 is 0 Å². The number of carbonyl (C=O) groups is 1. The Morgan fingerprint density at radius 1 is 1.35 bits per heavy atom. The number of nitrogens with one attached hydrogen (secondary N) is 1. The second-order valence-electron chi connectivity index (χ2n) is 5.84. The number of carbonyl (C=O) groups excluding carboxylic acids is 1. The van der Waals surface area contributed by atoms with Crippen molar-refractivity contribution in [3.8, 4) is 0 Å². The summed E-state index contributed by atoms with van der Waals surface area (Å²) in [6.45, 7) is 2.60. The second-order valence-corrected chi connectivity index (χ2v) is 6.78. The van der Waals surface area contributed by atoms with Crippen LogP contribution in [0.3, 0.4) is 0 Å². The molecule has 1 aromatic carbocycles. The average molecular weight is 331 g/mol. The summed E-state index contributed by atoms with van der Waals surface area (Å²) in [7, 11) is 0. The quantitative estimate of drug-likeness (QED) is 0.823. The number of aryl methyl sites for hydroxylation is 1. The summed E-state index contributed by atoms with van der Waals surface area (Å²) in [4.78, 5) is 12.0.